The predicted octanol–water partition coefficient (Wildman–Crippen LogP) is 2.12. The summed E-state index contributed by atoms with van der Waals surface area (Å²) in [6.07, 6.45) is 4.05. The van der Waals surface area contributed by atoms with Gasteiger partial charge in [-0.15, -0.1) is 0 Å². The molecule has 0 aliphatic carbocycles. The Labute approximate surface area is 149 Å². The van der Waals surface area contributed by atoms with E-state index in [-0.39, 0.29) is 5.91 Å². The average molecular weight is 428 g/mol. The van der Waals surface area contributed by atoms with Gasteiger partial charge in [-0.2, -0.15) is 5.10 Å². The van der Waals surface area contributed by atoms with E-state index in [1.54, 1.807) is 6.26 Å². The van der Waals surface area contributed by atoms with Gasteiger partial charge in [-0.3, -0.25) is 14.4 Å². The summed E-state index contributed by atoms with van der Waals surface area (Å²) >= 11 is 2.26. The number of furan rings is 1. The first-order valence-corrected chi connectivity index (χ1v) is 8.92. The third-order valence-electron chi connectivity index (χ3n) is 4.27. The Morgan fingerprint density at radius 3 is 2.74 bits per heavy atom. The largest absolute Gasteiger partial charge is 0.468 e. The van der Waals surface area contributed by atoms with Gasteiger partial charge in [-0.05, 0) is 41.6 Å². The first kappa shape index (κ1) is 16.5. The summed E-state index contributed by atoms with van der Waals surface area (Å²) in [5.41, 5.74) is 1.13. The lowest BCUT2D eigenvalue weighted by atomic mass is 10.2. The van der Waals surface area contributed by atoms with Gasteiger partial charge in [0.1, 0.15) is 5.76 Å². The van der Waals surface area contributed by atoms with E-state index in [4.69, 9.17) is 4.42 Å². The van der Waals surface area contributed by atoms with E-state index in [2.05, 4.69) is 32.6 Å². The van der Waals surface area contributed by atoms with Gasteiger partial charge in [0.15, 0.2) is 0 Å². The van der Waals surface area contributed by atoms with E-state index in [1.807, 2.05) is 34.8 Å². The lowest BCUT2D eigenvalue weighted by Gasteiger charge is -2.34. The number of halogens is 1. The zero-order chi connectivity index (χ0) is 16.2. The first-order valence-electron chi connectivity index (χ1n) is 7.84. The Balaban J connectivity index is 1.44. The van der Waals surface area contributed by atoms with Crippen LogP contribution in [-0.2, 0) is 17.9 Å². The van der Waals surface area contributed by atoms with Crippen molar-refractivity contribution in [3.05, 3.63) is 39.6 Å². The zero-order valence-electron chi connectivity index (χ0n) is 13.2. The fourth-order valence-corrected chi connectivity index (χ4v) is 3.19. The maximum atomic E-state index is 12.4. The number of nitrogens with zero attached hydrogens (tertiary/aromatic N) is 4. The van der Waals surface area contributed by atoms with Crippen LogP contribution in [-0.4, -0.2) is 51.7 Å². The monoisotopic (exact) mass is 428 g/mol. The summed E-state index contributed by atoms with van der Waals surface area (Å²) < 4.78 is 8.43. The maximum absolute atomic E-state index is 12.4. The summed E-state index contributed by atoms with van der Waals surface area (Å²) in [5, 5.41) is 4.31. The Morgan fingerprint density at radius 1 is 1.35 bits per heavy atom. The maximum Gasteiger partial charge on any atom is 0.224 e. The molecule has 0 unspecified atom stereocenters. The topological polar surface area (TPSA) is 54.5 Å². The second kappa shape index (κ2) is 7.48. The van der Waals surface area contributed by atoms with Crippen molar-refractivity contribution in [1.82, 2.24) is 19.6 Å². The average Bonchev–Trinajstić information content (AvgIpc) is 3.17. The van der Waals surface area contributed by atoms with E-state index < -0.39 is 0 Å². The zero-order valence-corrected chi connectivity index (χ0v) is 15.4. The Kier molecular flexibility index (Phi) is 5.37. The van der Waals surface area contributed by atoms with Crippen LogP contribution in [0.1, 0.15) is 17.9 Å². The van der Waals surface area contributed by atoms with Crippen LogP contribution < -0.4 is 0 Å². The van der Waals surface area contributed by atoms with Crippen LogP contribution in [0.25, 0.3) is 0 Å². The molecule has 1 amide bonds. The second-order valence-electron chi connectivity index (χ2n) is 5.79. The number of rotatable bonds is 5. The van der Waals surface area contributed by atoms with Crippen molar-refractivity contribution in [3.8, 4) is 0 Å². The summed E-state index contributed by atoms with van der Waals surface area (Å²) in [7, 11) is 0. The molecule has 2 aromatic rings. The molecule has 0 saturated carbocycles. The van der Waals surface area contributed by atoms with E-state index in [1.165, 1.54) is 0 Å². The second-order valence-corrected chi connectivity index (χ2v) is 6.95. The summed E-state index contributed by atoms with van der Waals surface area (Å²) in [5.74, 6) is 1.20. The molecule has 1 aliphatic heterocycles. The minimum atomic E-state index is 0.215. The van der Waals surface area contributed by atoms with Gasteiger partial charge in [0, 0.05) is 44.8 Å². The molecule has 3 heterocycles. The molecule has 3 rings (SSSR count). The molecule has 6 nitrogen and oxygen atoms in total. The van der Waals surface area contributed by atoms with Crippen molar-refractivity contribution < 1.29 is 9.21 Å². The van der Waals surface area contributed by atoms with E-state index in [0.29, 0.717) is 13.0 Å². The first-order chi connectivity index (χ1) is 11.1. The molecule has 0 spiro atoms. The molecule has 0 radical (unpaired) electrons. The van der Waals surface area contributed by atoms with Gasteiger partial charge in [0.2, 0.25) is 5.91 Å². The standard InChI is InChI=1S/C16H21IN4O2/c1-13-15(17)11-18-21(13)5-4-16(22)20-8-6-19(7-9-20)12-14-3-2-10-23-14/h2-3,10-11H,4-9,12H2,1H3. The van der Waals surface area contributed by atoms with Crippen molar-refractivity contribution in [2.75, 3.05) is 26.2 Å². The number of amides is 1. The van der Waals surface area contributed by atoms with Crippen LogP contribution in [0.15, 0.2) is 29.0 Å². The Hall–Kier alpha value is -1.35. The van der Waals surface area contributed by atoms with E-state index in [9.17, 15) is 4.79 Å². The van der Waals surface area contributed by atoms with Gasteiger partial charge in [-0.1, -0.05) is 0 Å². The number of aryl methyl sites for hydroxylation is 1. The van der Waals surface area contributed by atoms with Crippen LogP contribution in [0.4, 0.5) is 0 Å². The minimum absolute atomic E-state index is 0.215. The Morgan fingerprint density at radius 2 is 2.13 bits per heavy atom. The SMILES string of the molecule is Cc1c(I)cnn1CCC(=O)N1CCN(Cc2ccco2)CC1. The number of carbonyl (C=O) groups excluding carboxylic acids is 1. The van der Waals surface area contributed by atoms with Gasteiger partial charge in [0.25, 0.3) is 0 Å². The molecule has 0 N–H and O–H groups in total. The normalized spacial score (nSPS) is 16.0. The highest BCUT2D eigenvalue weighted by molar-refractivity contribution is 14.1. The van der Waals surface area contributed by atoms with Crippen molar-refractivity contribution in [3.63, 3.8) is 0 Å². The van der Waals surface area contributed by atoms with Crippen molar-refractivity contribution >= 4 is 28.5 Å². The summed E-state index contributed by atoms with van der Waals surface area (Å²) in [4.78, 5) is 16.6. The number of hydrogen-bond donors (Lipinski definition) is 0. The lowest BCUT2D eigenvalue weighted by Crippen LogP contribution is -2.48. The van der Waals surface area contributed by atoms with Crippen molar-refractivity contribution in [1.29, 1.82) is 0 Å². The fraction of sp³-hybridized carbons (Fsp3) is 0.500. The smallest absolute Gasteiger partial charge is 0.224 e. The molecular weight excluding hydrogens is 407 g/mol. The third-order valence-corrected chi connectivity index (χ3v) is 5.32. The van der Waals surface area contributed by atoms with Crippen LogP contribution >= 0.6 is 22.6 Å². The molecular formula is C16H21IN4O2. The van der Waals surface area contributed by atoms with Crippen LogP contribution in [0, 0.1) is 10.5 Å². The highest BCUT2D eigenvalue weighted by Crippen LogP contribution is 2.12. The summed E-state index contributed by atoms with van der Waals surface area (Å²) in [6, 6.07) is 3.90. The highest BCUT2D eigenvalue weighted by atomic mass is 127. The molecule has 124 valence electrons. The molecule has 1 aliphatic rings. The van der Waals surface area contributed by atoms with Crippen LogP contribution in [0.3, 0.4) is 0 Å². The molecule has 0 bridgehead atoms. The van der Waals surface area contributed by atoms with Crippen LogP contribution in [0.2, 0.25) is 0 Å². The third kappa shape index (κ3) is 4.14. The Bertz CT molecular complexity index is 645. The molecule has 0 atom stereocenters. The number of aromatic nitrogens is 2. The van der Waals surface area contributed by atoms with Crippen LogP contribution in [0.5, 0.6) is 0 Å². The number of carbonyl (C=O) groups is 1. The van der Waals surface area contributed by atoms with E-state index >= 15 is 0 Å². The number of hydrogen-bond acceptors (Lipinski definition) is 4. The fourth-order valence-electron chi connectivity index (χ4n) is 2.79. The van der Waals surface area contributed by atoms with Gasteiger partial charge >= 0.3 is 0 Å². The van der Waals surface area contributed by atoms with Crippen molar-refractivity contribution in [2.24, 2.45) is 0 Å². The molecule has 0 aromatic carbocycles. The molecule has 1 fully saturated rings. The predicted molar refractivity (Wildman–Crippen MR) is 94.9 cm³/mol. The van der Waals surface area contributed by atoms with E-state index in [0.717, 1.165) is 47.7 Å². The van der Waals surface area contributed by atoms with Crippen molar-refractivity contribution in [2.45, 2.75) is 26.4 Å². The number of piperazine rings is 1. The molecule has 7 heteroatoms. The minimum Gasteiger partial charge on any atom is -0.468 e. The van der Waals surface area contributed by atoms with Gasteiger partial charge in [-0.25, -0.2) is 0 Å². The molecule has 1 saturated heterocycles. The van der Waals surface area contributed by atoms with Gasteiger partial charge in [0.05, 0.1) is 22.6 Å². The summed E-state index contributed by atoms with van der Waals surface area (Å²) in [6.45, 7) is 6.87. The highest BCUT2D eigenvalue weighted by Gasteiger charge is 2.21. The molecule has 2 aromatic heterocycles. The quantitative estimate of drug-likeness (QED) is 0.685. The van der Waals surface area contributed by atoms with Gasteiger partial charge < -0.3 is 9.32 Å². The lowest BCUT2D eigenvalue weighted by molar-refractivity contribution is -0.133. The molecule has 23 heavy (non-hydrogen) atoms.